The Labute approximate surface area is 122 Å². The zero-order valence-corrected chi connectivity index (χ0v) is 11.6. The third-order valence-electron chi connectivity index (χ3n) is 2.67. The van der Waals surface area contributed by atoms with E-state index in [1.54, 1.807) is 43.6 Å². The number of anilines is 2. The predicted molar refractivity (Wildman–Crippen MR) is 80.1 cm³/mol. The molecule has 102 valence electrons. The Hall–Kier alpha value is -2.33. The van der Waals surface area contributed by atoms with E-state index in [0.717, 1.165) is 0 Å². The lowest BCUT2D eigenvalue weighted by molar-refractivity contribution is 0.104. The molecule has 2 aromatic rings. The number of carbonyl (C=O) groups excluding carboxylic acids is 1. The van der Waals surface area contributed by atoms with Crippen molar-refractivity contribution in [1.82, 2.24) is 4.98 Å². The molecule has 1 heterocycles. The Morgan fingerprint density at radius 2 is 2.25 bits per heavy atom. The van der Waals surface area contributed by atoms with Gasteiger partial charge in [-0.1, -0.05) is 18.2 Å². The molecule has 0 spiro atoms. The number of ether oxygens (including phenoxy) is 1. The van der Waals surface area contributed by atoms with Gasteiger partial charge >= 0.3 is 0 Å². The molecule has 5 heteroatoms. The summed E-state index contributed by atoms with van der Waals surface area (Å²) in [6, 6.07) is 8.53. The molecule has 0 saturated heterocycles. The average Bonchev–Trinajstić information content (AvgIpc) is 2.47. The largest absolute Gasteiger partial charge is 0.495 e. The number of hydrogen-bond donors (Lipinski definition) is 1. The van der Waals surface area contributed by atoms with E-state index in [0.29, 0.717) is 27.8 Å². The van der Waals surface area contributed by atoms with Crippen LogP contribution in [0.1, 0.15) is 10.4 Å². The van der Waals surface area contributed by atoms with Crippen LogP contribution in [-0.4, -0.2) is 17.9 Å². The number of nitrogens with zero attached hydrogens (tertiary/aromatic N) is 1. The van der Waals surface area contributed by atoms with Crippen molar-refractivity contribution in [2.24, 2.45) is 0 Å². The van der Waals surface area contributed by atoms with Gasteiger partial charge in [0.2, 0.25) is 0 Å². The number of carbonyl (C=O) groups is 1. The Kier molecular flexibility index (Phi) is 4.38. The topological polar surface area (TPSA) is 51.2 Å². The SMILES string of the molecule is C=CC(=O)c1cccnc1Nc1cc(Cl)ccc1OC. The van der Waals surface area contributed by atoms with Crippen LogP contribution < -0.4 is 10.1 Å². The molecule has 0 atom stereocenters. The molecule has 0 saturated carbocycles. The van der Waals surface area contributed by atoms with E-state index in [2.05, 4.69) is 16.9 Å². The highest BCUT2D eigenvalue weighted by molar-refractivity contribution is 6.31. The summed E-state index contributed by atoms with van der Waals surface area (Å²) in [5.74, 6) is 0.830. The first-order valence-corrected chi connectivity index (χ1v) is 6.26. The van der Waals surface area contributed by atoms with Gasteiger partial charge in [0.25, 0.3) is 0 Å². The Balaban J connectivity index is 2.42. The molecule has 1 N–H and O–H groups in total. The molecule has 0 radical (unpaired) electrons. The summed E-state index contributed by atoms with van der Waals surface area (Å²) in [6.07, 6.45) is 2.84. The monoisotopic (exact) mass is 288 g/mol. The van der Waals surface area contributed by atoms with Crippen LogP contribution in [0.25, 0.3) is 0 Å². The van der Waals surface area contributed by atoms with Crippen LogP contribution in [0.3, 0.4) is 0 Å². The maximum absolute atomic E-state index is 11.8. The summed E-state index contributed by atoms with van der Waals surface area (Å²) in [5.41, 5.74) is 1.07. The van der Waals surface area contributed by atoms with Crippen LogP contribution in [0.2, 0.25) is 5.02 Å². The molecule has 20 heavy (non-hydrogen) atoms. The Bertz CT molecular complexity index is 656. The van der Waals surface area contributed by atoms with Crippen LogP contribution >= 0.6 is 11.6 Å². The molecule has 4 nitrogen and oxygen atoms in total. The zero-order chi connectivity index (χ0) is 14.5. The lowest BCUT2D eigenvalue weighted by atomic mass is 10.1. The second-order valence-electron chi connectivity index (χ2n) is 3.94. The van der Waals surface area contributed by atoms with E-state index < -0.39 is 0 Å². The second kappa shape index (κ2) is 6.21. The summed E-state index contributed by atoms with van der Waals surface area (Å²) < 4.78 is 5.25. The number of nitrogens with one attached hydrogen (secondary N) is 1. The molecular formula is C15H13ClN2O2. The highest BCUT2D eigenvalue weighted by atomic mass is 35.5. The van der Waals surface area contributed by atoms with E-state index >= 15 is 0 Å². The van der Waals surface area contributed by atoms with Gasteiger partial charge in [0, 0.05) is 11.2 Å². The number of halogens is 1. The Morgan fingerprint density at radius 1 is 1.45 bits per heavy atom. The summed E-state index contributed by atoms with van der Waals surface area (Å²) in [6.45, 7) is 3.48. The molecule has 0 fully saturated rings. The van der Waals surface area contributed by atoms with Gasteiger partial charge in [-0.2, -0.15) is 0 Å². The minimum Gasteiger partial charge on any atom is -0.495 e. The van der Waals surface area contributed by atoms with Gasteiger partial charge in [-0.25, -0.2) is 4.98 Å². The minimum atomic E-state index is -0.207. The van der Waals surface area contributed by atoms with Crippen molar-refractivity contribution in [3.63, 3.8) is 0 Å². The van der Waals surface area contributed by atoms with E-state index in [1.807, 2.05) is 0 Å². The molecule has 2 rings (SSSR count). The first-order chi connectivity index (χ1) is 9.65. The second-order valence-corrected chi connectivity index (χ2v) is 4.37. The number of ketones is 1. The quantitative estimate of drug-likeness (QED) is 0.670. The molecular weight excluding hydrogens is 276 g/mol. The van der Waals surface area contributed by atoms with E-state index in [-0.39, 0.29) is 5.78 Å². The molecule has 0 unspecified atom stereocenters. The van der Waals surface area contributed by atoms with Crippen LogP contribution in [0.5, 0.6) is 5.75 Å². The van der Waals surface area contributed by atoms with Gasteiger partial charge in [-0.05, 0) is 36.4 Å². The number of methoxy groups -OCH3 is 1. The molecule has 0 bridgehead atoms. The molecule has 0 aliphatic carbocycles. The first kappa shape index (κ1) is 14.1. The normalized spacial score (nSPS) is 9.90. The van der Waals surface area contributed by atoms with Crippen molar-refractivity contribution >= 4 is 28.9 Å². The van der Waals surface area contributed by atoms with Gasteiger partial charge < -0.3 is 10.1 Å². The zero-order valence-electron chi connectivity index (χ0n) is 10.9. The third kappa shape index (κ3) is 2.97. The summed E-state index contributed by atoms with van der Waals surface area (Å²) in [4.78, 5) is 16.0. The van der Waals surface area contributed by atoms with E-state index in [9.17, 15) is 4.79 Å². The Morgan fingerprint density at radius 3 is 2.95 bits per heavy atom. The van der Waals surface area contributed by atoms with Crippen molar-refractivity contribution in [2.75, 3.05) is 12.4 Å². The molecule has 0 amide bonds. The smallest absolute Gasteiger partial charge is 0.188 e. The first-order valence-electron chi connectivity index (χ1n) is 5.88. The van der Waals surface area contributed by atoms with Gasteiger partial charge in [0.1, 0.15) is 11.6 Å². The average molecular weight is 289 g/mol. The lowest BCUT2D eigenvalue weighted by Gasteiger charge is -2.12. The van der Waals surface area contributed by atoms with Crippen LogP contribution in [0.4, 0.5) is 11.5 Å². The maximum atomic E-state index is 11.8. The number of aromatic nitrogens is 1. The standard InChI is InChI=1S/C15H13ClN2O2/c1-3-13(19)11-5-4-8-17-15(11)18-12-9-10(16)6-7-14(12)20-2/h3-9H,1H2,2H3,(H,17,18). The number of hydrogen-bond acceptors (Lipinski definition) is 4. The summed E-state index contributed by atoms with van der Waals surface area (Å²) >= 11 is 5.97. The third-order valence-corrected chi connectivity index (χ3v) is 2.91. The highest BCUT2D eigenvalue weighted by Gasteiger charge is 2.11. The predicted octanol–water partition coefficient (Wildman–Crippen LogP) is 3.86. The molecule has 1 aromatic heterocycles. The van der Waals surface area contributed by atoms with Crippen LogP contribution in [-0.2, 0) is 0 Å². The van der Waals surface area contributed by atoms with Crippen molar-refractivity contribution in [3.05, 3.63) is 59.8 Å². The fourth-order valence-corrected chi connectivity index (χ4v) is 1.89. The maximum Gasteiger partial charge on any atom is 0.188 e. The fraction of sp³-hybridized carbons (Fsp3) is 0.0667. The number of allylic oxidation sites excluding steroid dienone is 1. The molecule has 0 aliphatic heterocycles. The lowest BCUT2D eigenvalue weighted by Crippen LogP contribution is -2.04. The van der Waals surface area contributed by atoms with E-state index in [1.165, 1.54) is 6.08 Å². The molecule has 1 aromatic carbocycles. The van der Waals surface area contributed by atoms with Crippen molar-refractivity contribution in [3.8, 4) is 5.75 Å². The van der Waals surface area contributed by atoms with Gasteiger partial charge in [-0.3, -0.25) is 4.79 Å². The van der Waals surface area contributed by atoms with Gasteiger partial charge in [0.05, 0.1) is 18.4 Å². The summed E-state index contributed by atoms with van der Waals surface area (Å²) in [7, 11) is 1.56. The molecule has 0 aliphatic rings. The fourth-order valence-electron chi connectivity index (χ4n) is 1.72. The van der Waals surface area contributed by atoms with Crippen LogP contribution in [0.15, 0.2) is 49.2 Å². The van der Waals surface area contributed by atoms with Gasteiger partial charge in [-0.15, -0.1) is 0 Å². The van der Waals surface area contributed by atoms with Gasteiger partial charge in [0.15, 0.2) is 5.78 Å². The van der Waals surface area contributed by atoms with Crippen LogP contribution in [0, 0.1) is 0 Å². The van der Waals surface area contributed by atoms with Crippen molar-refractivity contribution in [1.29, 1.82) is 0 Å². The highest BCUT2D eigenvalue weighted by Crippen LogP contribution is 2.30. The van der Waals surface area contributed by atoms with Crippen molar-refractivity contribution < 1.29 is 9.53 Å². The van der Waals surface area contributed by atoms with Crippen molar-refractivity contribution in [2.45, 2.75) is 0 Å². The minimum absolute atomic E-state index is 0.207. The number of rotatable bonds is 5. The summed E-state index contributed by atoms with van der Waals surface area (Å²) in [5, 5.41) is 3.62. The number of pyridine rings is 1. The van der Waals surface area contributed by atoms with E-state index in [4.69, 9.17) is 16.3 Å². The number of benzene rings is 1.